The fourth-order valence-corrected chi connectivity index (χ4v) is 2.33. The van der Waals surface area contributed by atoms with Crippen LogP contribution in [-0.2, 0) is 14.3 Å². The Kier molecular flexibility index (Phi) is 2.05. The van der Waals surface area contributed by atoms with Crippen molar-refractivity contribution in [2.75, 3.05) is 0 Å². The van der Waals surface area contributed by atoms with Gasteiger partial charge in [0.1, 0.15) is 6.10 Å². The highest BCUT2D eigenvalue weighted by molar-refractivity contribution is 5.99. The zero-order valence-corrected chi connectivity index (χ0v) is 8.98. The Bertz CT molecular complexity index is 327. The molecule has 0 saturated carbocycles. The van der Waals surface area contributed by atoms with E-state index in [1.807, 2.05) is 0 Å². The summed E-state index contributed by atoms with van der Waals surface area (Å²) in [6, 6.07) is 0. The Morgan fingerprint density at radius 2 is 2.07 bits per heavy atom. The van der Waals surface area contributed by atoms with Crippen molar-refractivity contribution in [2.24, 2.45) is 11.8 Å². The van der Waals surface area contributed by atoms with Crippen LogP contribution in [0.3, 0.4) is 0 Å². The van der Waals surface area contributed by atoms with Gasteiger partial charge in [-0.15, -0.1) is 0 Å². The van der Waals surface area contributed by atoms with E-state index in [1.165, 1.54) is 0 Å². The quantitative estimate of drug-likeness (QED) is 0.602. The van der Waals surface area contributed by atoms with Gasteiger partial charge in [-0.2, -0.15) is 0 Å². The monoisotopic (exact) mass is 213 g/mol. The zero-order chi connectivity index (χ0) is 11.4. The highest BCUT2D eigenvalue weighted by Gasteiger charge is 2.70. The highest BCUT2D eigenvalue weighted by Crippen LogP contribution is 2.42. The molecule has 5 heteroatoms. The van der Waals surface area contributed by atoms with E-state index in [9.17, 15) is 14.7 Å². The van der Waals surface area contributed by atoms with Gasteiger partial charge in [0.2, 0.25) is 11.4 Å². The third-order valence-corrected chi connectivity index (χ3v) is 3.32. The van der Waals surface area contributed by atoms with E-state index in [-0.39, 0.29) is 17.7 Å². The SMILES string of the molecule is CC(C)[C@H](O)C12NC(=O)[C@H](C)C1OC2=O. The standard InChI is InChI=1S/C10H15NO4/c1-4(2)6(12)10-7(15-9(10)14)5(3)8(13)11-10/h4-7,12H,1-3H3,(H,11,13)/t5-,6+,7?,10?/m1/s1. The van der Waals surface area contributed by atoms with Crippen LogP contribution in [-0.4, -0.2) is 34.7 Å². The van der Waals surface area contributed by atoms with E-state index in [0.717, 1.165) is 0 Å². The second-order valence-electron chi connectivity index (χ2n) is 4.66. The minimum Gasteiger partial charge on any atom is -0.456 e. The van der Waals surface area contributed by atoms with E-state index in [2.05, 4.69) is 5.32 Å². The predicted molar refractivity (Wildman–Crippen MR) is 50.8 cm³/mol. The van der Waals surface area contributed by atoms with Crippen molar-refractivity contribution in [3.8, 4) is 0 Å². The molecule has 15 heavy (non-hydrogen) atoms. The van der Waals surface area contributed by atoms with E-state index in [1.54, 1.807) is 20.8 Å². The summed E-state index contributed by atoms with van der Waals surface area (Å²) in [5, 5.41) is 12.6. The van der Waals surface area contributed by atoms with E-state index in [4.69, 9.17) is 4.74 Å². The Hall–Kier alpha value is -1.10. The summed E-state index contributed by atoms with van der Waals surface area (Å²) in [5.74, 6) is -1.24. The van der Waals surface area contributed by atoms with Gasteiger partial charge < -0.3 is 15.2 Å². The third-order valence-electron chi connectivity index (χ3n) is 3.32. The molecular formula is C10H15NO4. The average molecular weight is 213 g/mol. The normalized spacial score (nSPS) is 40.6. The van der Waals surface area contributed by atoms with Crippen LogP contribution >= 0.6 is 0 Å². The van der Waals surface area contributed by atoms with Gasteiger partial charge in [-0.25, -0.2) is 4.79 Å². The number of rotatable bonds is 2. The Morgan fingerprint density at radius 3 is 2.47 bits per heavy atom. The number of fused-ring (bicyclic) bond motifs is 1. The number of hydrogen-bond acceptors (Lipinski definition) is 4. The largest absolute Gasteiger partial charge is 0.456 e. The second-order valence-corrected chi connectivity index (χ2v) is 4.66. The molecule has 0 aromatic heterocycles. The molecular weight excluding hydrogens is 198 g/mol. The van der Waals surface area contributed by atoms with Gasteiger partial charge >= 0.3 is 5.97 Å². The first-order valence-corrected chi connectivity index (χ1v) is 5.12. The molecule has 0 spiro atoms. The van der Waals surface area contributed by atoms with E-state index < -0.39 is 23.7 Å². The van der Waals surface area contributed by atoms with Gasteiger partial charge in [0.05, 0.1) is 12.0 Å². The molecule has 0 aliphatic carbocycles. The number of amides is 1. The lowest BCUT2D eigenvalue weighted by Gasteiger charge is -2.46. The number of carbonyl (C=O) groups is 2. The molecule has 5 nitrogen and oxygen atoms in total. The number of ether oxygens (including phenoxy) is 1. The van der Waals surface area contributed by atoms with E-state index >= 15 is 0 Å². The number of carbonyl (C=O) groups excluding carboxylic acids is 2. The summed E-state index contributed by atoms with van der Waals surface area (Å²) < 4.78 is 4.94. The summed E-state index contributed by atoms with van der Waals surface area (Å²) in [6.45, 7) is 5.30. The molecule has 2 aliphatic rings. The topological polar surface area (TPSA) is 75.6 Å². The maximum atomic E-state index is 11.5. The van der Waals surface area contributed by atoms with Crippen molar-refractivity contribution >= 4 is 11.9 Å². The summed E-state index contributed by atoms with van der Waals surface area (Å²) in [6.07, 6.45) is -1.41. The first-order valence-electron chi connectivity index (χ1n) is 5.12. The van der Waals surface area contributed by atoms with Crippen LogP contribution in [0.4, 0.5) is 0 Å². The first kappa shape index (κ1) is 10.4. The molecule has 2 fully saturated rings. The van der Waals surface area contributed by atoms with Crippen molar-refractivity contribution in [3.05, 3.63) is 0 Å². The van der Waals surface area contributed by atoms with Gasteiger partial charge in [-0.3, -0.25) is 4.79 Å². The number of aliphatic hydroxyl groups is 1. The molecule has 0 aromatic rings. The van der Waals surface area contributed by atoms with Gasteiger partial charge in [0.15, 0.2) is 0 Å². The van der Waals surface area contributed by atoms with Crippen LogP contribution in [0, 0.1) is 11.8 Å². The molecule has 2 saturated heterocycles. The molecule has 0 radical (unpaired) electrons. The fourth-order valence-electron chi connectivity index (χ4n) is 2.33. The molecule has 0 aromatic carbocycles. The summed E-state index contributed by atoms with van der Waals surface area (Å²) in [4.78, 5) is 22.9. The average Bonchev–Trinajstić information content (AvgIpc) is 2.37. The molecule has 2 unspecified atom stereocenters. The van der Waals surface area contributed by atoms with Crippen LogP contribution in [0.5, 0.6) is 0 Å². The van der Waals surface area contributed by atoms with Crippen LogP contribution in [0.15, 0.2) is 0 Å². The maximum absolute atomic E-state index is 11.5. The summed E-state index contributed by atoms with van der Waals surface area (Å²) >= 11 is 0. The van der Waals surface area contributed by atoms with Gasteiger partial charge in [-0.05, 0) is 12.8 Å². The maximum Gasteiger partial charge on any atom is 0.338 e. The van der Waals surface area contributed by atoms with E-state index in [0.29, 0.717) is 0 Å². The minimum atomic E-state index is -1.19. The summed E-state index contributed by atoms with van der Waals surface area (Å²) in [7, 11) is 0. The van der Waals surface area contributed by atoms with Crippen molar-refractivity contribution in [1.82, 2.24) is 5.32 Å². The van der Waals surface area contributed by atoms with Crippen molar-refractivity contribution in [1.29, 1.82) is 0 Å². The fraction of sp³-hybridized carbons (Fsp3) is 0.800. The molecule has 2 aliphatic heterocycles. The lowest BCUT2D eigenvalue weighted by Crippen LogP contribution is -2.73. The minimum absolute atomic E-state index is 0.106. The van der Waals surface area contributed by atoms with Crippen LogP contribution in [0.2, 0.25) is 0 Å². The predicted octanol–water partition coefficient (Wildman–Crippen LogP) is -0.567. The molecule has 0 bridgehead atoms. The second kappa shape index (κ2) is 2.95. The Labute approximate surface area is 87.8 Å². The van der Waals surface area contributed by atoms with Crippen LogP contribution in [0.25, 0.3) is 0 Å². The lowest BCUT2D eigenvalue weighted by atomic mass is 9.76. The highest BCUT2D eigenvalue weighted by atomic mass is 16.6. The molecule has 84 valence electrons. The van der Waals surface area contributed by atoms with Crippen molar-refractivity contribution in [3.63, 3.8) is 0 Å². The van der Waals surface area contributed by atoms with Crippen LogP contribution < -0.4 is 5.32 Å². The number of aliphatic hydroxyl groups excluding tert-OH is 1. The Balaban J connectivity index is 2.33. The lowest BCUT2D eigenvalue weighted by molar-refractivity contribution is -0.206. The molecule has 1 amide bonds. The smallest absolute Gasteiger partial charge is 0.338 e. The third kappa shape index (κ3) is 1.07. The number of nitrogens with one attached hydrogen (secondary N) is 1. The number of esters is 1. The number of hydrogen-bond donors (Lipinski definition) is 2. The van der Waals surface area contributed by atoms with Crippen LogP contribution in [0.1, 0.15) is 20.8 Å². The zero-order valence-electron chi connectivity index (χ0n) is 8.98. The molecule has 4 atom stereocenters. The van der Waals surface area contributed by atoms with Crippen molar-refractivity contribution < 1.29 is 19.4 Å². The molecule has 2 rings (SSSR count). The van der Waals surface area contributed by atoms with Gasteiger partial charge in [0.25, 0.3) is 0 Å². The first-order chi connectivity index (χ1) is 6.91. The molecule has 2 heterocycles. The van der Waals surface area contributed by atoms with Crippen molar-refractivity contribution in [2.45, 2.75) is 38.5 Å². The van der Waals surface area contributed by atoms with Gasteiger partial charge in [-0.1, -0.05) is 13.8 Å². The molecule has 2 N–H and O–H groups in total. The Morgan fingerprint density at radius 1 is 1.47 bits per heavy atom. The van der Waals surface area contributed by atoms with Gasteiger partial charge in [0, 0.05) is 0 Å². The summed E-state index contributed by atoms with van der Waals surface area (Å²) in [5.41, 5.74) is -1.19.